The normalized spacial score (nSPS) is 36.5. The van der Waals surface area contributed by atoms with Crippen LogP contribution in [0.1, 0.15) is 26.7 Å². The number of likely N-dealkylation sites (tertiary alicyclic amines) is 1. The van der Waals surface area contributed by atoms with Crippen LogP contribution in [0.15, 0.2) is 0 Å². The van der Waals surface area contributed by atoms with E-state index in [1.165, 1.54) is 0 Å². The van der Waals surface area contributed by atoms with E-state index in [0.717, 1.165) is 32.5 Å². The summed E-state index contributed by atoms with van der Waals surface area (Å²) in [5, 5.41) is 3.23. The minimum atomic E-state index is 0.0443. The number of hydrogen-bond acceptors (Lipinski definition) is 3. The van der Waals surface area contributed by atoms with E-state index in [0.29, 0.717) is 6.04 Å². The molecule has 1 amide bonds. The van der Waals surface area contributed by atoms with E-state index >= 15 is 0 Å². The molecule has 2 aliphatic rings. The second kappa shape index (κ2) is 4.49. The number of rotatable bonds is 3. The summed E-state index contributed by atoms with van der Waals surface area (Å²) in [5.41, 5.74) is 0. The molecule has 0 aliphatic carbocycles. The van der Waals surface area contributed by atoms with Crippen molar-refractivity contribution in [1.82, 2.24) is 10.2 Å². The summed E-state index contributed by atoms with van der Waals surface area (Å²) >= 11 is 0. The maximum atomic E-state index is 12.0. The van der Waals surface area contributed by atoms with Gasteiger partial charge in [-0.1, -0.05) is 6.92 Å². The molecule has 0 radical (unpaired) electrons. The molecule has 2 saturated heterocycles. The first-order valence-corrected chi connectivity index (χ1v) is 5.89. The molecular formula is C11H20N2O2. The van der Waals surface area contributed by atoms with Gasteiger partial charge in [-0.3, -0.25) is 4.79 Å². The van der Waals surface area contributed by atoms with Crippen LogP contribution in [-0.2, 0) is 9.53 Å². The molecule has 86 valence electrons. The fourth-order valence-corrected chi connectivity index (χ4v) is 2.60. The maximum Gasteiger partial charge on any atom is 0.240 e. The minimum Gasteiger partial charge on any atom is -0.376 e. The second-order valence-electron chi connectivity index (χ2n) is 4.36. The maximum absolute atomic E-state index is 12.0. The standard InChI is InChI=1S/C11H20N2O2/c1-3-12-9-4-6-13(11(9)14)10-5-7-15-8(10)2/h8-10,12H,3-7H2,1-2H3. The molecule has 2 heterocycles. The molecule has 0 bridgehead atoms. The van der Waals surface area contributed by atoms with Crippen LogP contribution >= 0.6 is 0 Å². The summed E-state index contributed by atoms with van der Waals surface area (Å²) in [6.45, 7) is 6.64. The summed E-state index contributed by atoms with van der Waals surface area (Å²) in [4.78, 5) is 14.0. The zero-order chi connectivity index (χ0) is 10.8. The number of likely N-dealkylation sites (N-methyl/N-ethyl adjacent to an activating group) is 1. The lowest BCUT2D eigenvalue weighted by Gasteiger charge is -2.26. The molecule has 0 aromatic carbocycles. The van der Waals surface area contributed by atoms with Gasteiger partial charge in [-0.25, -0.2) is 0 Å². The second-order valence-corrected chi connectivity index (χ2v) is 4.36. The van der Waals surface area contributed by atoms with Crippen LogP contribution in [0, 0.1) is 0 Å². The van der Waals surface area contributed by atoms with Gasteiger partial charge in [0.05, 0.1) is 18.2 Å². The number of nitrogens with one attached hydrogen (secondary N) is 1. The Morgan fingerprint density at radius 3 is 2.93 bits per heavy atom. The Morgan fingerprint density at radius 2 is 2.33 bits per heavy atom. The third-order valence-electron chi connectivity index (χ3n) is 3.43. The third-order valence-corrected chi connectivity index (χ3v) is 3.43. The van der Waals surface area contributed by atoms with Gasteiger partial charge in [0, 0.05) is 13.2 Å². The van der Waals surface area contributed by atoms with Crippen molar-refractivity contribution >= 4 is 5.91 Å². The van der Waals surface area contributed by atoms with Crippen molar-refractivity contribution in [3.63, 3.8) is 0 Å². The lowest BCUT2D eigenvalue weighted by atomic mass is 10.1. The molecule has 2 aliphatic heterocycles. The Kier molecular flexibility index (Phi) is 3.26. The molecule has 15 heavy (non-hydrogen) atoms. The molecule has 1 N–H and O–H groups in total. The minimum absolute atomic E-state index is 0.0443. The monoisotopic (exact) mass is 212 g/mol. The number of hydrogen-bond donors (Lipinski definition) is 1. The van der Waals surface area contributed by atoms with Gasteiger partial charge in [0.1, 0.15) is 0 Å². The van der Waals surface area contributed by atoms with Gasteiger partial charge in [-0.15, -0.1) is 0 Å². The van der Waals surface area contributed by atoms with Crippen LogP contribution in [0.4, 0.5) is 0 Å². The SMILES string of the molecule is CCNC1CCN(C2CCOC2C)C1=O. The molecule has 3 atom stereocenters. The average Bonchev–Trinajstić information content (AvgIpc) is 2.76. The van der Waals surface area contributed by atoms with Crippen LogP contribution in [0.5, 0.6) is 0 Å². The van der Waals surface area contributed by atoms with Gasteiger partial charge in [0.2, 0.25) is 5.91 Å². The van der Waals surface area contributed by atoms with Gasteiger partial charge in [-0.05, 0) is 26.3 Å². The van der Waals surface area contributed by atoms with E-state index in [1.807, 2.05) is 11.8 Å². The van der Waals surface area contributed by atoms with E-state index in [9.17, 15) is 4.79 Å². The van der Waals surface area contributed by atoms with Crippen molar-refractivity contribution in [2.75, 3.05) is 19.7 Å². The van der Waals surface area contributed by atoms with Crippen molar-refractivity contribution in [3.8, 4) is 0 Å². The zero-order valence-corrected chi connectivity index (χ0v) is 9.53. The Balaban J connectivity index is 1.97. The lowest BCUT2D eigenvalue weighted by Crippen LogP contribution is -2.45. The smallest absolute Gasteiger partial charge is 0.240 e. The number of carbonyl (C=O) groups is 1. The predicted octanol–water partition coefficient (Wildman–Crippen LogP) is 0.374. The van der Waals surface area contributed by atoms with Crippen molar-refractivity contribution in [2.24, 2.45) is 0 Å². The quantitative estimate of drug-likeness (QED) is 0.735. The molecule has 4 heteroatoms. The van der Waals surface area contributed by atoms with Crippen molar-refractivity contribution < 1.29 is 9.53 Å². The summed E-state index contributed by atoms with van der Waals surface area (Å²) < 4.78 is 5.51. The summed E-state index contributed by atoms with van der Waals surface area (Å²) in [6, 6.07) is 0.351. The highest BCUT2D eigenvalue weighted by Gasteiger charge is 2.39. The van der Waals surface area contributed by atoms with Crippen molar-refractivity contribution in [1.29, 1.82) is 0 Å². The van der Waals surface area contributed by atoms with Crippen LogP contribution < -0.4 is 5.32 Å². The molecule has 2 rings (SSSR count). The molecular weight excluding hydrogens is 192 g/mol. The third kappa shape index (κ3) is 2.01. The zero-order valence-electron chi connectivity index (χ0n) is 9.53. The average molecular weight is 212 g/mol. The number of nitrogens with zero attached hydrogens (tertiary/aromatic N) is 1. The Hall–Kier alpha value is -0.610. The molecule has 0 aromatic rings. The first kappa shape index (κ1) is 10.9. The van der Waals surface area contributed by atoms with Gasteiger partial charge in [0.15, 0.2) is 0 Å². The molecule has 0 aromatic heterocycles. The lowest BCUT2D eigenvalue weighted by molar-refractivity contribution is -0.132. The van der Waals surface area contributed by atoms with Crippen LogP contribution in [-0.4, -0.2) is 48.7 Å². The van der Waals surface area contributed by atoms with E-state index in [1.54, 1.807) is 0 Å². The fraction of sp³-hybridized carbons (Fsp3) is 0.909. The van der Waals surface area contributed by atoms with Crippen molar-refractivity contribution in [2.45, 2.75) is 44.9 Å². The largest absolute Gasteiger partial charge is 0.376 e. The van der Waals surface area contributed by atoms with Crippen LogP contribution in [0.3, 0.4) is 0 Å². The molecule has 2 fully saturated rings. The summed E-state index contributed by atoms with van der Waals surface area (Å²) in [7, 11) is 0. The number of carbonyl (C=O) groups excluding carboxylic acids is 1. The fourth-order valence-electron chi connectivity index (χ4n) is 2.60. The summed E-state index contributed by atoms with van der Waals surface area (Å²) in [6.07, 6.45) is 2.14. The van der Waals surface area contributed by atoms with Gasteiger partial charge < -0.3 is 15.0 Å². The molecule has 0 saturated carbocycles. The predicted molar refractivity (Wildman–Crippen MR) is 57.6 cm³/mol. The van der Waals surface area contributed by atoms with E-state index < -0.39 is 0 Å². The topological polar surface area (TPSA) is 41.6 Å². The number of ether oxygens (including phenoxy) is 1. The molecule has 3 unspecified atom stereocenters. The highest BCUT2D eigenvalue weighted by Crippen LogP contribution is 2.24. The summed E-state index contributed by atoms with van der Waals surface area (Å²) in [5.74, 6) is 0.263. The Labute approximate surface area is 91.0 Å². The van der Waals surface area contributed by atoms with Crippen LogP contribution in [0.25, 0.3) is 0 Å². The van der Waals surface area contributed by atoms with Crippen molar-refractivity contribution in [3.05, 3.63) is 0 Å². The first-order valence-electron chi connectivity index (χ1n) is 5.89. The Bertz CT molecular complexity index is 245. The van der Waals surface area contributed by atoms with E-state index in [4.69, 9.17) is 4.74 Å². The molecule has 4 nitrogen and oxygen atoms in total. The van der Waals surface area contributed by atoms with Crippen LogP contribution in [0.2, 0.25) is 0 Å². The first-order chi connectivity index (χ1) is 7.24. The molecule has 0 spiro atoms. The Morgan fingerprint density at radius 1 is 1.53 bits per heavy atom. The number of amides is 1. The highest BCUT2D eigenvalue weighted by atomic mass is 16.5. The van der Waals surface area contributed by atoms with E-state index in [-0.39, 0.29) is 18.1 Å². The van der Waals surface area contributed by atoms with Gasteiger partial charge in [-0.2, -0.15) is 0 Å². The van der Waals surface area contributed by atoms with E-state index in [2.05, 4.69) is 12.2 Å². The highest BCUT2D eigenvalue weighted by molar-refractivity contribution is 5.84. The van der Waals surface area contributed by atoms with Gasteiger partial charge >= 0.3 is 0 Å². The van der Waals surface area contributed by atoms with Gasteiger partial charge in [0.25, 0.3) is 0 Å².